The fourth-order valence-corrected chi connectivity index (χ4v) is 4.44. The summed E-state index contributed by atoms with van der Waals surface area (Å²) in [5, 5.41) is 0. The van der Waals surface area contributed by atoms with E-state index in [1.807, 2.05) is 26.0 Å². The number of unbranched alkanes of at least 4 members (excludes halogenated alkanes) is 1. The van der Waals surface area contributed by atoms with Gasteiger partial charge in [-0.15, -0.1) is 0 Å². The van der Waals surface area contributed by atoms with Gasteiger partial charge in [0.1, 0.15) is 0 Å². The van der Waals surface area contributed by atoms with Crippen LogP contribution in [-0.4, -0.2) is 49.7 Å². The Hall–Kier alpha value is -1.40. The fraction of sp³-hybridized carbons (Fsp3) is 0.632. The first-order valence-electron chi connectivity index (χ1n) is 9.21. The van der Waals surface area contributed by atoms with Crippen LogP contribution in [0.25, 0.3) is 0 Å². The SMILES string of the molecule is CCCCc1ccc(S(=O)(=O)N2CCN(C(=O)CC(C)C)CC2)cc1. The Morgan fingerprint density at radius 3 is 2.20 bits per heavy atom. The van der Waals surface area contributed by atoms with Gasteiger partial charge in [-0.1, -0.05) is 39.3 Å². The van der Waals surface area contributed by atoms with Gasteiger partial charge in [-0.3, -0.25) is 4.79 Å². The molecule has 5 nitrogen and oxygen atoms in total. The Morgan fingerprint density at radius 2 is 1.68 bits per heavy atom. The highest BCUT2D eigenvalue weighted by Gasteiger charge is 2.30. The number of aryl methyl sites for hydroxylation is 1. The van der Waals surface area contributed by atoms with E-state index in [0.717, 1.165) is 19.3 Å². The predicted octanol–water partition coefficient (Wildman–Crippen LogP) is 2.91. The predicted molar refractivity (Wildman–Crippen MR) is 99.8 cm³/mol. The standard InChI is InChI=1S/C19H30N2O3S/c1-4-5-6-17-7-9-18(10-8-17)25(23,24)21-13-11-20(12-14-21)19(22)15-16(2)3/h7-10,16H,4-6,11-15H2,1-3H3. The topological polar surface area (TPSA) is 57.7 Å². The van der Waals surface area contributed by atoms with Crippen molar-refractivity contribution >= 4 is 15.9 Å². The van der Waals surface area contributed by atoms with Gasteiger partial charge in [0.2, 0.25) is 15.9 Å². The molecule has 0 radical (unpaired) electrons. The van der Waals surface area contributed by atoms with E-state index in [0.29, 0.717) is 43.4 Å². The van der Waals surface area contributed by atoms with Crippen LogP contribution in [0.4, 0.5) is 0 Å². The third-order valence-corrected chi connectivity index (χ3v) is 6.47. The van der Waals surface area contributed by atoms with Crippen LogP contribution in [0, 0.1) is 5.92 Å². The van der Waals surface area contributed by atoms with Gasteiger partial charge in [0.25, 0.3) is 0 Å². The highest BCUT2D eigenvalue weighted by Crippen LogP contribution is 2.19. The average Bonchev–Trinajstić information content (AvgIpc) is 2.60. The maximum Gasteiger partial charge on any atom is 0.243 e. The minimum absolute atomic E-state index is 0.118. The zero-order valence-electron chi connectivity index (χ0n) is 15.6. The molecule has 6 heteroatoms. The molecule has 0 atom stereocenters. The summed E-state index contributed by atoms with van der Waals surface area (Å²) in [5.41, 5.74) is 1.17. The molecule has 0 unspecified atom stereocenters. The van der Waals surface area contributed by atoms with E-state index in [-0.39, 0.29) is 5.91 Å². The molecule has 1 heterocycles. The van der Waals surface area contributed by atoms with Crippen LogP contribution >= 0.6 is 0 Å². The van der Waals surface area contributed by atoms with Crippen molar-refractivity contribution in [3.63, 3.8) is 0 Å². The molecule has 0 saturated carbocycles. The Morgan fingerprint density at radius 1 is 1.08 bits per heavy atom. The molecule has 1 aliphatic rings. The monoisotopic (exact) mass is 366 g/mol. The second-order valence-electron chi connectivity index (χ2n) is 7.13. The lowest BCUT2D eigenvalue weighted by molar-refractivity contribution is -0.133. The lowest BCUT2D eigenvalue weighted by Crippen LogP contribution is -2.50. The summed E-state index contributed by atoms with van der Waals surface area (Å²) >= 11 is 0. The van der Waals surface area contributed by atoms with Crippen molar-refractivity contribution < 1.29 is 13.2 Å². The van der Waals surface area contributed by atoms with Gasteiger partial charge in [-0.05, 0) is 36.5 Å². The molecular formula is C19H30N2O3S. The Kier molecular flexibility index (Phi) is 7.02. The first-order chi connectivity index (χ1) is 11.8. The molecule has 0 N–H and O–H groups in total. The van der Waals surface area contributed by atoms with Crippen molar-refractivity contribution in [2.75, 3.05) is 26.2 Å². The van der Waals surface area contributed by atoms with Gasteiger partial charge in [0.05, 0.1) is 4.90 Å². The molecule has 25 heavy (non-hydrogen) atoms. The van der Waals surface area contributed by atoms with Crippen LogP contribution in [-0.2, 0) is 21.2 Å². The van der Waals surface area contributed by atoms with Crippen molar-refractivity contribution in [2.24, 2.45) is 5.92 Å². The Labute approximate surface area is 152 Å². The maximum absolute atomic E-state index is 12.8. The molecule has 1 aliphatic heterocycles. The van der Waals surface area contributed by atoms with E-state index in [1.165, 1.54) is 9.87 Å². The summed E-state index contributed by atoms with van der Waals surface area (Å²) in [5.74, 6) is 0.438. The van der Waals surface area contributed by atoms with Crippen molar-refractivity contribution in [1.29, 1.82) is 0 Å². The van der Waals surface area contributed by atoms with Crippen molar-refractivity contribution in [1.82, 2.24) is 9.21 Å². The zero-order valence-corrected chi connectivity index (χ0v) is 16.4. The number of amides is 1. The molecule has 0 bridgehead atoms. The van der Waals surface area contributed by atoms with E-state index in [4.69, 9.17) is 0 Å². The summed E-state index contributed by atoms with van der Waals surface area (Å²) in [6.45, 7) is 7.85. The quantitative estimate of drug-likeness (QED) is 0.745. The van der Waals surface area contributed by atoms with Crippen molar-refractivity contribution in [2.45, 2.75) is 51.3 Å². The van der Waals surface area contributed by atoms with Gasteiger partial charge in [-0.25, -0.2) is 8.42 Å². The minimum atomic E-state index is -3.48. The Bertz CT molecular complexity index is 660. The fourth-order valence-electron chi connectivity index (χ4n) is 3.01. The minimum Gasteiger partial charge on any atom is -0.340 e. The second-order valence-corrected chi connectivity index (χ2v) is 9.07. The lowest BCUT2D eigenvalue weighted by Gasteiger charge is -2.34. The molecule has 1 aromatic rings. The van der Waals surface area contributed by atoms with Crippen LogP contribution < -0.4 is 0 Å². The van der Waals surface area contributed by atoms with Gasteiger partial charge in [0.15, 0.2) is 0 Å². The summed E-state index contributed by atoms with van der Waals surface area (Å²) in [6.07, 6.45) is 3.73. The lowest BCUT2D eigenvalue weighted by atomic mass is 10.1. The van der Waals surface area contributed by atoms with Gasteiger partial charge in [0, 0.05) is 32.6 Å². The van der Waals surface area contributed by atoms with E-state index in [2.05, 4.69) is 6.92 Å². The van der Waals surface area contributed by atoms with Crippen LogP contribution in [0.2, 0.25) is 0 Å². The number of hydrogen-bond acceptors (Lipinski definition) is 3. The molecule has 0 aromatic heterocycles. The largest absolute Gasteiger partial charge is 0.340 e. The van der Waals surface area contributed by atoms with Crippen LogP contribution in [0.15, 0.2) is 29.2 Å². The van der Waals surface area contributed by atoms with E-state index >= 15 is 0 Å². The van der Waals surface area contributed by atoms with Gasteiger partial charge >= 0.3 is 0 Å². The van der Waals surface area contributed by atoms with Crippen LogP contribution in [0.1, 0.15) is 45.6 Å². The summed E-state index contributed by atoms with van der Waals surface area (Å²) in [4.78, 5) is 14.2. The molecule has 0 aliphatic carbocycles. The second kappa shape index (κ2) is 8.81. The zero-order chi connectivity index (χ0) is 18.4. The molecule has 1 aromatic carbocycles. The Balaban J connectivity index is 1.98. The highest BCUT2D eigenvalue weighted by atomic mass is 32.2. The van der Waals surface area contributed by atoms with Crippen molar-refractivity contribution in [3.05, 3.63) is 29.8 Å². The molecule has 1 amide bonds. The van der Waals surface area contributed by atoms with E-state index in [9.17, 15) is 13.2 Å². The van der Waals surface area contributed by atoms with Crippen LogP contribution in [0.5, 0.6) is 0 Å². The first kappa shape index (κ1) is 19.9. The molecular weight excluding hydrogens is 336 g/mol. The summed E-state index contributed by atoms with van der Waals surface area (Å²) < 4.78 is 27.1. The number of piperazine rings is 1. The molecule has 2 rings (SSSR count). The van der Waals surface area contributed by atoms with Crippen LogP contribution in [0.3, 0.4) is 0 Å². The van der Waals surface area contributed by atoms with E-state index < -0.39 is 10.0 Å². The molecule has 140 valence electrons. The number of nitrogens with zero attached hydrogens (tertiary/aromatic N) is 2. The number of sulfonamides is 1. The van der Waals surface area contributed by atoms with Gasteiger partial charge < -0.3 is 4.90 Å². The highest BCUT2D eigenvalue weighted by molar-refractivity contribution is 7.89. The van der Waals surface area contributed by atoms with Crippen molar-refractivity contribution in [3.8, 4) is 0 Å². The third-order valence-electron chi connectivity index (χ3n) is 4.55. The average molecular weight is 367 g/mol. The number of carbonyl (C=O) groups excluding carboxylic acids is 1. The van der Waals surface area contributed by atoms with Gasteiger partial charge in [-0.2, -0.15) is 4.31 Å². The third kappa shape index (κ3) is 5.28. The number of benzene rings is 1. The molecule has 1 saturated heterocycles. The normalized spacial score (nSPS) is 16.4. The smallest absolute Gasteiger partial charge is 0.243 e. The van der Waals surface area contributed by atoms with E-state index in [1.54, 1.807) is 17.0 Å². The number of carbonyl (C=O) groups is 1. The summed E-state index contributed by atoms with van der Waals surface area (Å²) in [7, 11) is -3.48. The number of hydrogen-bond donors (Lipinski definition) is 0. The number of rotatable bonds is 7. The summed E-state index contributed by atoms with van der Waals surface area (Å²) in [6, 6.07) is 7.23. The maximum atomic E-state index is 12.8. The molecule has 0 spiro atoms. The molecule has 1 fully saturated rings. The first-order valence-corrected chi connectivity index (χ1v) is 10.7.